The Hall–Kier alpha value is -2.91. The average Bonchev–Trinajstić information content (AvgIpc) is 3.13. The Balaban J connectivity index is 1.64. The lowest BCUT2D eigenvalue weighted by atomic mass is 10.2. The highest BCUT2D eigenvalue weighted by atomic mass is 32.1. The number of thiophene rings is 1. The molecule has 1 amide bonds. The van der Waals surface area contributed by atoms with Crippen molar-refractivity contribution in [3.05, 3.63) is 70.6 Å². The number of anilines is 1. The molecule has 2 heterocycles. The normalized spacial score (nSPS) is 10.4. The molecule has 1 N–H and O–H groups in total. The van der Waals surface area contributed by atoms with Crippen LogP contribution in [-0.4, -0.2) is 10.5 Å². The van der Waals surface area contributed by atoms with Gasteiger partial charge in [-0.2, -0.15) is 5.26 Å². The molecule has 0 radical (unpaired) electrons. The maximum atomic E-state index is 12.3. The summed E-state index contributed by atoms with van der Waals surface area (Å²) in [5.74, 6) is -0.139. The molecule has 0 aliphatic rings. The van der Waals surface area contributed by atoms with Crippen LogP contribution in [0.4, 0.5) is 5.00 Å². The Morgan fingerprint density at radius 1 is 1.32 bits per heavy atom. The van der Waals surface area contributed by atoms with Gasteiger partial charge in [-0.3, -0.25) is 4.79 Å². The van der Waals surface area contributed by atoms with Gasteiger partial charge >= 0.3 is 0 Å². The number of rotatable bonds is 5. The fourth-order valence-electron chi connectivity index (χ4n) is 2.60. The van der Waals surface area contributed by atoms with E-state index in [0.717, 1.165) is 17.0 Å². The van der Waals surface area contributed by atoms with E-state index in [9.17, 15) is 10.1 Å². The molecule has 0 spiro atoms. The highest BCUT2D eigenvalue weighted by molar-refractivity contribution is 7.16. The molecular formula is C19H19N4OS+. The summed E-state index contributed by atoms with van der Waals surface area (Å²) in [5.41, 5.74) is 2.70. The second kappa shape index (κ2) is 7.32. The maximum Gasteiger partial charge on any atom is 0.267 e. The van der Waals surface area contributed by atoms with Gasteiger partial charge in [0.1, 0.15) is 30.0 Å². The lowest BCUT2D eigenvalue weighted by Gasteiger charge is -2.01. The molecule has 25 heavy (non-hydrogen) atoms. The van der Waals surface area contributed by atoms with E-state index in [-0.39, 0.29) is 12.5 Å². The molecule has 126 valence electrons. The zero-order valence-corrected chi connectivity index (χ0v) is 15.0. The first-order chi connectivity index (χ1) is 12.1. The average molecular weight is 351 g/mol. The topological polar surface area (TPSA) is 61.7 Å². The minimum atomic E-state index is -0.139. The number of nitriles is 1. The lowest BCUT2D eigenvalue weighted by Crippen LogP contribution is -2.32. The zero-order valence-electron chi connectivity index (χ0n) is 14.2. The first-order valence-corrected chi connectivity index (χ1v) is 8.77. The zero-order chi connectivity index (χ0) is 17.8. The van der Waals surface area contributed by atoms with Crippen molar-refractivity contribution in [3.63, 3.8) is 0 Å². The summed E-state index contributed by atoms with van der Waals surface area (Å²) in [6, 6.07) is 12.3. The Kier molecular flexibility index (Phi) is 4.96. The minimum Gasteiger partial charge on any atom is -0.313 e. The molecule has 0 bridgehead atoms. The standard InChI is InChI=1S/C19H18N4OS/c1-14-15(2)25-19(17(14)10-20)21-18(24)12-23-9-8-22(13-23)11-16-6-4-3-5-7-16/h3-9,13H,11-12H2,1-2H3/p+1. The quantitative estimate of drug-likeness (QED) is 0.718. The van der Waals surface area contributed by atoms with E-state index >= 15 is 0 Å². The molecule has 3 rings (SSSR count). The molecule has 0 aliphatic carbocycles. The van der Waals surface area contributed by atoms with Gasteiger partial charge < -0.3 is 5.32 Å². The van der Waals surface area contributed by atoms with Crippen molar-refractivity contribution < 1.29 is 9.36 Å². The van der Waals surface area contributed by atoms with Crippen molar-refractivity contribution in [2.24, 2.45) is 0 Å². The van der Waals surface area contributed by atoms with Crippen LogP contribution in [0.2, 0.25) is 0 Å². The van der Waals surface area contributed by atoms with E-state index in [2.05, 4.69) is 23.5 Å². The number of carbonyl (C=O) groups excluding carboxylic acids is 1. The summed E-state index contributed by atoms with van der Waals surface area (Å²) >= 11 is 1.44. The second-order valence-corrected chi connectivity index (χ2v) is 7.12. The summed E-state index contributed by atoms with van der Waals surface area (Å²) in [6.07, 6.45) is 5.72. The van der Waals surface area contributed by atoms with Crippen LogP contribution < -0.4 is 9.88 Å². The van der Waals surface area contributed by atoms with E-state index < -0.39 is 0 Å². The highest BCUT2D eigenvalue weighted by Gasteiger charge is 2.16. The molecule has 5 nitrogen and oxygen atoms in total. The highest BCUT2D eigenvalue weighted by Crippen LogP contribution is 2.31. The number of imidazole rings is 1. The molecule has 0 fully saturated rings. The van der Waals surface area contributed by atoms with Gasteiger partial charge in [0.05, 0.1) is 5.56 Å². The van der Waals surface area contributed by atoms with Crippen molar-refractivity contribution >= 4 is 22.2 Å². The van der Waals surface area contributed by atoms with Gasteiger partial charge in [-0.1, -0.05) is 30.3 Å². The van der Waals surface area contributed by atoms with Gasteiger partial charge in [-0.25, -0.2) is 9.13 Å². The predicted molar refractivity (Wildman–Crippen MR) is 97.3 cm³/mol. The van der Waals surface area contributed by atoms with Crippen LogP contribution in [0, 0.1) is 25.2 Å². The van der Waals surface area contributed by atoms with Crippen molar-refractivity contribution in [1.82, 2.24) is 4.57 Å². The van der Waals surface area contributed by atoms with E-state index in [4.69, 9.17) is 0 Å². The molecule has 6 heteroatoms. The Labute approximate surface area is 150 Å². The van der Waals surface area contributed by atoms with Crippen molar-refractivity contribution in [1.29, 1.82) is 5.26 Å². The number of aromatic nitrogens is 2. The molecule has 0 saturated carbocycles. The van der Waals surface area contributed by atoms with Gasteiger partial charge in [0.2, 0.25) is 6.33 Å². The molecular weight excluding hydrogens is 332 g/mol. The van der Waals surface area contributed by atoms with Crippen LogP contribution in [0.25, 0.3) is 0 Å². The Bertz CT molecular complexity index is 934. The summed E-state index contributed by atoms with van der Waals surface area (Å²) in [7, 11) is 0. The van der Waals surface area contributed by atoms with Crippen LogP contribution in [0.5, 0.6) is 0 Å². The van der Waals surface area contributed by atoms with Gasteiger partial charge in [0.25, 0.3) is 5.91 Å². The number of nitrogens with zero attached hydrogens (tertiary/aromatic N) is 3. The lowest BCUT2D eigenvalue weighted by molar-refractivity contribution is -0.687. The van der Waals surface area contributed by atoms with E-state index in [1.807, 2.05) is 59.9 Å². The summed E-state index contributed by atoms with van der Waals surface area (Å²) in [6.45, 7) is 4.83. The van der Waals surface area contributed by atoms with Crippen LogP contribution in [0.15, 0.2) is 49.1 Å². The number of carbonyl (C=O) groups is 1. The van der Waals surface area contributed by atoms with Crippen molar-refractivity contribution in [2.75, 3.05) is 5.32 Å². The van der Waals surface area contributed by atoms with Gasteiger partial charge in [-0.15, -0.1) is 11.3 Å². The molecule has 2 aromatic heterocycles. The van der Waals surface area contributed by atoms with Crippen molar-refractivity contribution in [2.45, 2.75) is 26.9 Å². The molecule has 0 aliphatic heterocycles. The smallest absolute Gasteiger partial charge is 0.267 e. The van der Waals surface area contributed by atoms with Crippen LogP contribution in [-0.2, 0) is 17.9 Å². The number of hydrogen-bond donors (Lipinski definition) is 1. The third kappa shape index (κ3) is 3.95. The molecule has 0 unspecified atom stereocenters. The SMILES string of the molecule is Cc1sc(NC(=O)Cn2cc[n+](Cc3ccccc3)c2)c(C#N)c1C. The van der Waals surface area contributed by atoms with Gasteiger partial charge in [-0.05, 0) is 25.0 Å². The van der Waals surface area contributed by atoms with Gasteiger partial charge in [0, 0.05) is 4.88 Å². The monoisotopic (exact) mass is 351 g/mol. The molecule has 0 saturated heterocycles. The predicted octanol–water partition coefficient (Wildman–Crippen LogP) is 3.01. The first kappa shape index (κ1) is 16.9. The minimum absolute atomic E-state index is 0.139. The van der Waals surface area contributed by atoms with Crippen LogP contribution in [0.1, 0.15) is 21.6 Å². The summed E-state index contributed by atoms with van der Waals surface area (Å²) in [4.78, 5) is 13.3. The third-order valence-corrected chi connectivity index (χ3v) is 5.15. The first-order valence-electron chi connectivity index (χ1n) is 7.95. The summed E-state index contributed by atoms with van der Waals surface area (Å²) in [5, 5.41) is 12.7. The molecule has 3 aromatic rings. The number of nitrogens with one attached hydrogen (secondary N) is 1. The maximum absolute atomic E-state index is 12.3. The number of hydrogen-bond acceptors (Lipinski definition) is 3. The van der Waals surface area contributed by atoms with Crippen LogP contribution in [0.3, 0.4) is 0 Å². The van der Waals surface area contributed by atoms with Crippen LogP contribution >= 0.6 is 11.3 Å². The van der Waals surface area contributed by atoms with E-state index in [1.54, 1.807) is 0 Å². The van der Waals surface area contributed by atoms with Crippen molar-refractivity contribution in [3.8, 4) is 6.07 Å². The number of amides is 1. The third-order valence-electron chi connectivity index (χ3n) is 4.03. The number of aryl methyl sites for hydroxylation is 1. The summed E-state index contributed by atoms with van der Waals surface area (Å²) < 4.78 is 3.86. The van der Waals surface area contributed by atoms with E-state index in [1.165, 1.54) is 16.9 Å². The number of benzene rings is 1. The Morgan fingerprint density at radius 3 is 2.80 bits per heavy atom. The molecule has 0 atom stereocenters. The fourth-order valence-corrected chi connectivity index (χ4v) is 3.63. The van der Waals surface area contributed by atoms with Gasteiger partial charge in [0.15, 0.2) is 6.54 Å². The largest absolute Gasteiger partial charge is 0.313 e. The molecule has 1 aromatic carbocycles. The fraction of sp³-hybridized carbons (Fsp3) is 0.211. The second-order valence-electron chi connectivity index (χ2n) is 5.89. The Morgan fingerprint density at radius 2 is 2.08 bits per heavy atom. The van der Waals surface area contributed by atoms with E-state index in [0.29, 0.717) is 10.6 Å².